The zero-order valence-corrected chi connectivity index (χ0v) is 15.7. The normalized spacial score (nSPS) is 11.5. The average Bonchev–Trinajstić information content (AvgIpc) is 2.67. The number of hydrogen-bond acceptors (Lipinski definition) is 2. The summed E-state index contributed by atoms with van der Waals surface area (Å²) in [6.45, 7) is 0. The first kappa shape index (κ1) is 19.0. The molecule has 2 amide bonds. The monoisotopic (exact) mass is 398 g/mol. The van der Waals surface area contributed by atoms with Crippen LogP contribution < -0.4 is 10.6 Å². The van der Waals surface area contributed by atoms with E-state index in [0.717, 1.165) is 0 Å². The summed E-state index contributed by atoms with van der Waals surface area (Å²) in [4.78, 5) is 25.5. The molecular weight excluding hydrogens is 383 g/mol. The minimum atomic E-state index is -0.894. The summed E-state index contributed by atoms with van der Waals surface area (Å²) in [7, 11) is 0. The van der Waals surface area contributed by atoms with E-state index >= 15 is 0 Å². The molecule has 0 aliphatic rings. The molecule has 0 aliphatic heterocycles. The first-order chi connectivity index (χ1) is 13.0. The zero-order chi connectivity index (χ0) is 19.2. The Labute approximate surface area is 167 Å². The molecule has 0 aromatic heterocycles. The molecule has 0 saturated carbocycles. The molecule has 136 valence electrons. The molecule has 0 fully saturated rings. The number of hydrogen-bond donors (Lipinski definition) is 2. The smallest absolute Gasteiger partial charge is 0.253 e. The van der Waals surface area contributed by atoms with E-state index in [1.165, 1.54) is 0 Å². The third kappa shape index (κ3) is 4.88. The molecular formula is C21H16Cl2N2O2. The highest BCUT2D eigenvalue weighted by atomic mass is 35.5. The van der Waals surface area contributed by atoms with Gasteiger partial charge >= 0.3 is 0 Å². The molecule has 27 heavy (non-hydrogen) atoms. The van der Waals surface area contributed by atoms with Gasteiger partial charge in [0, 0.05) is 10.7 Å². The molecule has 1 atom stereocenters. The van der Waals surface area contributed by atoms with E-state index in [4.69, 9.17) is 23.2 Å². The Balaban J connectivity index is 1.86. The van der Waals surface area contributed by atoms with Gasteiger partial charge in [-0.15, -0.1) is 0 Å². The van der Waals surface area contributed by atoms with Crippen LogP contribution in [0.5, 0.6) is 0 Å². The molecule has 0 bridgehead atoms. The van der Waals surface area contributed by atoms with Crippen LogP contribution in [0.2, 0.25) is 10.0 Å². The second kappa shape index (κ2) is 8.71. The van der Waals surface area contributed by atoms with Gasteiger partial charge in [-0.1, -0.05) is 71.7 Å². The number of nitrogens with one attached hydrogen (secondary N) is 2. The van der Waals surface area contributed by atoms with E-state index in [2.05, 4.69) is 10.6 Å². The standard InChI is InChI=1S/C21H16Cl2N2O2/c22-15-9-6-10-16(13-15)24-21(27)19(14-7-2-1-3-8-14)25-20(26)17-11-4-5-12-18(17)23/h1-13,19H,(H,24,27)(H,25,26)/t19-/m0/s1. The number of rotatable bonds is 5. The van der Waals surface area contributed by atoms with Crippen molar-refractivity contribution < 1.29 is 9.59 Å². The quantitative estimate of drug-likeness (QED) is 0.627. The van der Waals surface area contributed by atoms with Gasteiger partial charge in [-0.05, 0) is 35.9 Å². The molecule has 4 nitrogen and oxygen atoms in total. The Hall–Kier alpha value is -2.82. The first-order valence-electron chi connectivity index (χ1n) is 8.21. The van der Waals surface area contributed by atoms with E-state index in [0.29, 0.717) is 26.9 Å². The summed E-state index contributed by atoms with van der Waals surface area (Å²) in [5, 5.41) is 6.36. The van der Waals surface area contributed by atoms with Crippen LogP contribution in [0.3, 0.4) is 0 Å². The lowest BCUT2D eigenvalue weighted by molar-refractivity contribution is -0.118. The topological polar surface area (TPSA) is 58.2 Å². The van der Waals surface area contributed by atoms with Gasteiger partial charge in [-0.3, -0.25) is 9.59 Å². The fraction of sp³-hybridized carbons (Fsp3) is 0.0476. The van der Waals surface area contributed by atoms with E-state index in [9.17, 15) is 9.59 Å². The minimum absolute atomic E-state index is 0.302. The van der Waals surface area contributed by atoms with Gasteiger partial charge in [0.25, 0.3) is 11.8 Å². The molecule has 0 heterocycles. The predicted octanol–water partition coefficient (Wildman–Crippen LogP) is 5.10. The first-order valence-corrected chi connectivity index (χ1v) is 8.97. The summed E-state index contributed by atoms with van der Waals surface area (Å²) in [5.41, 5.74) is 1.49. The highest BCUT2D eigenvalue weighted by Crippen LogP contribution is 2.21. The average molecular weight is 399 g/mol. The highest BCUT2D eigenvalue weighted by molar-refractivity contribution is 6.34. The number of anilines is 1. The SMILES string of the molecule is O=C(N[C@H](C(=O)Nc1cccc(Cl)c1)c1ccccc1)c1ccccc1Cl. The van der Waals surface area contributed by atoms with Crippen molar-refractivity contribution >= 4 is 40.7 Å². The van der Waals surface area contributed by atoms with Crippen LogP contribution in [0.15, 0.2) is 78.9 Å². The number of benzene rings is 3. The van der Waals surface area contributed by atoms with Crippen LogP contribution in [0.25, 0.3) is 0 Å². The maximum atomic E-state index is 12.9. The molecule has 2 N–H and O–H groups in total. The third-order valence-electron chi connectivity index (χ3n) is 3.88. The third-order valence-corrected chi connectivity index (χ3v) is 4.45. The lowest BCUT2D eigenvalue weighted by Gasteiger charge is -2.19. The van der Waals surface area contributed by atoms with Crippen molar-refractivity contribution in [2.45, 2.75) is 6.04 Å². The molecule has 0 radical (unpaired) electrons. The fourth-order valence-corrected chi connectivity index (χ4v) is 2.99. The molecule has 6 heteroatoms. The molecule has 0 spiro atoms. The predicted molar refractivity (Wildman–Crippen MR) is 108 cm³/mol. The van der Waals surface area contributed by atoms with Gasteiger partial charge in [0.2, 0.25) is 0 Å². The van der Waals surface area contributed by atoms with Crippen LogP contribution >= 0.6 is 23.2 Å². The molecule has 0 aliphatic carbocycles. The highest BCUT2D eigenvalue weighted by Gasteiger charge is 2.24. The minimum Gasteiger partial charge on any atom is -0.336 e. The second-order valence-corrected chi connectivity index (χ2v) is 6.64. The summed E-state index contributed by atoms with van der Waals surface area (Å²) in [6.07, 6.45) is 0. The lowest BCUT2D eigenvalue weighted by Crippen LogP contribution is -2.37. The van der Waals surface area contributed by atoms with Crippen LogP contribution in [-0.2, 0) is 4.79 Å². The number of carbonyl (C=O) groups is 2. The van der Waals surface area contributed by atoms with E-state index in [1.807, 2.05) is 6.07 Å². The van der Waals surface area contributed by atoms with Gasteiger partial charge in [0.05, 0.1) is 10.6 Å². The van der Waals surface area contributed by atoms with E-state index in [1.54, 1.807) is 72.8 Å². The van der Waals surface area contributed by atoms with Crippen LogP contribution in [-0.4, -0.2) is 11.8 Å². The van der Waals surface area contributed by atoms with Crippen molar-refractivity contribution in [3.63, 3.8) is 0 Å². The Kier molecular flexibility index (Phi) is 6.12. The Bertz CT molecular complexity index is 961. The van der Waals surface area contributed by atoms with E-state index in [-0.39, 0.29) is 5.91 Å². The summed E-state index contributed by atoms with van der Waals surface area (Å²) < 4.78 is 0. The van der Waals surface area contributed by atoms with Gasteiger partial charge < -0.3 is 10.6 Å². The summed E-state index contributed by atoms with van der Waals surface area (Å²) in [5.74, 6) is -0.820. The fourth-order valence-electron chi connectivity index (χ4n) is 2.58. The van der Waals surface area contributed by atoms with Crippen molar-refractivity contribution in [3.05, 3.63) is 100 Å². The molecule has 3 rings (SSSR count). The maximum absolute atomic E-state index is 12.9. The van der Waals surface area contributed by atoms with Gasteiger partial charge in [-0.25, -0.2) is 0 Å². The Morgan fingerprint density at radius 1 is 0.815 bits per heavy atom. The van der Waals surface area contributed by atoms with Crippen LogP contribution in [0.1, 0.15) is 22.0 Å². The number of halogens is 2. The van der Waals surface area contributed by atoms with Crippen molar-refractivity contribution in [3.8, 4) is 0 Å². The van der Waals surface area contributed by atoms with Crippen molar-refractivity contribution in [1.29, 1.82) is 0 Å². The van der Waals surface area contributed by atoms with Gasteiger partial charge in [0.15, 0.2) is 0 Å². The largest absolute Gasteiger partial charge is 0.336 e. The number of carbonyl (C=O) groups excluding carboxylic acids is 2. The zero-order valence-electron chi connectivity index (χ0n) is 14.2. The maximum Gasteiger partial charge on any atom is 0.253 e. The second-order valence-electron chi connectivity index (χ2n) is 5.80. The van der Waals surface area contributed by atoms with Gasteiger partial charge in [-0.2, -0.15) is 0 Å². The van der Waals surface area contributed by atoms with Crippen molar-refractivity contribution in [2.75, 3.05) is 5.32 Å². The summed E-state index contributed by atoms with van der Waals surface area (Å²) in [6, 6.07) is 21.6. The van der Waals surface area contributed by atoms with Crippen LogP contribution in [0.4, 0.5) is 5.69 Å². The van der Waals surface area contributed by atoms with E-state index < -0.39 is 11.9 Å². The van der Waals surface area contributed by atoms with Crippen LogP contribution in [0, 0.1) is 0 Å². The Morgan fingerprint density at radius 3 is 2.22 bits per heavy atom. The Morgan fingerprint density at radius 2 is 1.52 bits per heavy atom. The summed E-state index contributed by atoms with van der Waals surface area (Å²) >= 11 is 12.1. The van der Waals surface area contributed by atoms with Crippen molar-refractivity contribution in [2.24, 2.45) is 0 Å². The molecule has 0 saturated heterocycles. The van der Waals surface area contributed by atoms with Gasteiger partial charge in [0.1, 0.15) is 6.04 Å². The molecule has 0 unspecified atom stereocenters. The molecule has 3 aromatic carbocycles. The van der Waals surface area contributed by atoms with Crippen molar-refractivity contribution in [1.82, 2.24) is 5.32 Å². The lowest BCUT2D eigenvalue weighted by atomic mass is 10.1. The number of amides is 2. The molecule has 3 aromatic rings.